The lowest BCUT2D eigenvalue weighted by Crippen LogP contribution is -2.42. The molecule has 2 aromatic rings. The minimum Gasteiger partial charge on any atom is -0.289 e. The molecule has 0 amide bonds. The summed E-state index contributed by atoms with van der Waals surface area (Å²) in [5.74, 6) is -0.0790. The van der Waals surface area contributed by atoms with Crippen LogP contribution in [-0.4, -0.2) is 63.2 Å². The second-order valence-corrected chi connectivity index (χ2v) is 15.5. The van der Waals surface area contributed by atoms with E-state index in [1.165, 1.54) is 45.0 Å². The monoisotopic (exact) mass is 558 g/mol. The Bertz CT molecular complexity index is 1400. The van der Waals surface area contributed by atoms with Crippen LogP contribution < -0.4 is 0 Å². The predicted molar refractivity (Wildman–Crippen MR) is 143 cm³/mol. The van der Waals surface area contributed by atoms with E-state index in [4.69, 9.17) is 0 Å². The predicted octanol–water partition coefficient (Wildman–Crippen LogP) is 3.80. The number of benzene rings is 2. The molecule has 38 heavy (non-hydrogen) atoms. The molecule has 2 aliphatic heterocycles. The Morgan fingerprint density at radius 3 is 1.18 bits per heavy atom. The molecule has 0 saturated carbocycles. The van der Waals surface area contributed by atoms with Crippen molar-refractivity contribution in [2.75, 3.05) is 26.2 Å². The third-order valence-corrected chi connectivity index (χ3v) is 11.6. The van der Waals surface area contributed by atoms with E-state index in [9.17, 15) is 26.4 Å². The zero-order valence-corrected chi connectivity index (χ0v) is 23.8. The average molecular weight is 559 g/mol. The van der Waals surface area contributed by atoms with Crippen LogP contribution in [0.25, 0.3) is 0 Å². The summed E-state index contributed by atoms with van der Waals surface area (Å²) in [7, 11) is -7.68. The summed E-state index contributed by atoms with van der Waals surface area (Å²) >= 11 is 0. The van der Waals surface area contributed by atoms with E-state index in [-0.39, 0.29) is 55.7 Å². The van der Waals surface area contributed by atoms with Crippen LogP contribution in [0.15, 0.2) is 46.2 Å². The SMILES string of the molecule is C[C@@H]1C[C@H](C)CN(S(=O)(=O)c2ccc3c(c2)C(=O)c2ccc(S(=O)(=O)N4C[C@H](C)C[C@H](C)C4)cc2C3=O)C1. The molecule has 0 spiro atoms. The number of rotatable bonds is 4. The van der Waals surface area contributed by atoms with Gasteiger partial charge in [0.15, 0.2) is 11.6 Å². The van der Waals surface area contributed by atoms with Gasteiger partial charge in [-0.05, 0) is 72.9 Å². The molecule has 2 saturated heterocycles. The third-order valence-electron chi connectivity index (χ3n) is 7.91. The number of hydrogen-bond acceptors (Lipinski definition) is 6. The second-order valence-electron chi connectivity index (χ2n) is 11.6. The molecule has 0 unspecified atom stereocenters. The van der Waals surface area contributed by atoms with Crippen molar-refractivity contribution < 1.29 is 26.4 Å². The maximum atomic E-state index is 13.4. The Balaban J connectivity index is 1.49. The number of carbonyl (C=O) groups excluding carboxylic acids is 2. The van der Waals surface area contributed by atoms with Gasteiger partial charge in [-0.3, -0.25) is 9.59 Å². The van der Waals surface area contributed by atoms with Gasteiger partial charge < -0.3 is 0 Å². The van der Waals surface area contributed by atoms with Crippen molar-refractivity contribution in [2.45, 2.75) is 50.3 Å². The molecule has 1 aliphatic carbocycles. The van der Waals surface area contributed by atoms with Gasteiger partial charge in [-0.1, -0.05) is 27.7 Å². The van der Waals surface area contributed by atoms with Gasteiger partial charge in [-0.15, -0.1) is 0 Å². The number of piperidine rings is 2. The van der Waals surface area contributed by atoms with Crippen LogP contribution in [0, 0.1) is 23.7 Å². The van der Waals surface area contributed by atoms with Crippen molar-refractivity contribution in [3.05, 3.63) is 58.7 Å². The van der Waals surface area contributed by atoms with Gasteiger partial charge in [0.1, 0.15) is 0 Å². The van der Waals surface area contributed by atoms with Crippen LogP contribution >= 0.6 is 0 Å². The zero-order valence-electron chi connectivity index (χ0n) is 22.2. The zero-order chi connectivity index (χ0) is 27.6. The first-order chi connectivity index (χ1) is 17.8. The van der Waals surface area contributed by atoms with Gasteiger partial charge in [-0.25, -0.2) is 16.8 Å². The summed E-state index contributed by atoms with van der Waals surface area (Å²) in [6.07, 6.45) is 1.90. The average Bonchev–Trinajstić information content (AvgIpc) is 2.85. The maximum absolute atomic E-state index is 13.4. The summed E-state index contributed by atoms with van der Waals surface area (Å²) in [6, 6.07) is 8.06. The first-order valence-electron chi connectivity index (χ1n) is 13.2. The highest BCUT2D eigenvalue weighted by Gasteiger charge is 2.37. The standard InChI is InChI=1S/C28H34N2O6S2/c1-17-9-18(2)14-29(13-17)37(33,34)21-5-7-23-25(11-21)27(31)24-8-6-22(12-26(24)28(23)32)38(35,36)30-15-19(3)10-20(4)16-30/h5-8,11-12,17-20H,9-10,13-16H2,1-4H3/t17-,18+,19-,20+. The number of carbonyl (C=O) groups is 2. The number of hydrogen-bond donors (Lipinski definition) is 0. The van der Waals surface area contributed by atoms with Crippen molar-refractivity contribution >= 4 is 31.6 Å². The van der Waals surface area contributed by atoms with E-state index < -0.39 is 31.6 Å². The summed E-state index contributed by atoms with van der Waals surface area (Å²) in [4.78, 5) is 26.8. The number of nitrogens with zero attached hydrogens (tertiary/aromatic N) is 2. The second kappa shape index (κ2) is 9.66. The van der Waals surface area contributed by atoms with Crippen molar-refractivity contribution in [2.24, 2.45) is 23.7 Å². The van der Waals surface area contributed by atoms with Crippen molar-refractivity contribution in [3.63, 3.8) is 0 Å². The molecule has 2 aromatic carbocycles. The fourth-order valence-electron chi connectivity index (χ4n) is 6.33. The van der Waals surface area contributed by atoms with Gasteiger partial charge >= 0.3 is 0 Å². The normalized spacial score (nSPS) is 27.2. The van der Waals surface area contributed by atoms with Crippen molar-refractivity contribution in [3.8, 4) is 0 Å². The largest absolute Gasteiger partial charge is 0.289 e. The Morgan fingerprint density at radius 2 is 0.868 bits per heavy atom. The third kappa shape index (κ3) is 4.65. The molecule has 0 aromatic heterocycles. The molecule has 4 atom stereocenters. The summed E-state index contributed by atoms with van der Waals surface area (Å²) < 4.78 is 56.5. The number of fused-ring (bicyclic) bond motifs is 2. The van der Waals surface area contributed by atoms with E-state index in [1.54, 1.807) is 0 Å². The summed E-state index contributed by atoms with van der Waals surface area (Å²) in [6.45, 7) is 9.71. The minimum atomic E-state index is -3.84. The van der Waals surface area contributed by atoms with Crippen LogP contribution in [0.5, 0.6) is 0 Å². The smallest absolute Gasteiger partial charge is 0.243 e. The number of sulfonamides is 2. The van der Waals surface area contributed by atoms with Crippen molar-refractivity contribution in [1.82, 2.24) is 8.61 Å². The van der Waals surface area contributed by atoms with E-state index in [0.717, 1.165) is 12.8 Å². The lowest BCUT2D eigenvalue weighted by atomic mass is 9.84. The lowest BCUT2D eigenvalue weighted by molar-refractivity contribution is 0.0978. The van der Waals surface area contributed by atoms with E-state index in [2.05, 4.69) is 0 Å². The molecule has 0 bridgehead atoms. The Labute approximate surface area is 225 Å². The van der Waals surface area contributed by atoms with E-state index in [0.29, 0.717) is 26.2 Å². The molecule has 0 radical (unpaired) electrons. The fraction of sp³-hybridized carbons (Fsp3) is 0.500. The van der Waals surface area contributed by atoms with Crippen LogP contribution in [-0.2, 0) is 20.0 Å². The maximum Gasteiger partial charge on any atom is 0.243 e. The number of ketones is 2. The van der Waals surface area contributed by atoms with Crippen LogP contribution in [0.3, 0.4) is 0 Å². The van der Waals surface area contributed by atoms with Gasteiger partial charge in [0.2, 0.25) is 20.0 Å². The van der Waals surface area contributed by atoms with E-state index >= 15 is 0 Å². The molecule has 204 valence electrons. The molecular formula is C28H34N2O6S2. The Morgan fingerprint density at radius 1 is 0.553 bits per heavy atom. The molecule has 10 heteroatoms. The molecule has 2 fully saturated rings. The van der Waals surface area contributed by atoms with Crippen LogP contribution in [0.4, 0.5) is 0 Å². The van der Waals surface area contributed by atoms with Crippen LogP contribution in [0.2, 0.25) is 0 Å². The fourth-order valence-corrected chi connectivity index (χ4v) is 9.74. The topological polar surface area (TPSA) is 109 Å². The summed E-state index contributed by atoms with van der Waals surface area (Å²) in [5, 5.41) is 0. The van der Waals surface area contributed by atoms with Gasteiger partial charge in [0, 0.05) is 48.4 Å². The highest BCUT2D eigenvalue weighted by molar-refractivity contribution is 7.89. The lowest BCUT2D eigenvalue weighted by Gasteiger charge is -2.34. The van der Waals surface area contributed by atoms with Gasteiger partial charge in [-0.2, -0.15) is 8.61 Å². The van der Waals surface area contributed by atoms with Crippen LogP contribution in [0.1, 0.15) is 72.4 Å². The Kier molecular flexibility index (Phi) is 6.91. The first-order valence-corrected chi connectivity index (χ1v) is 16.0. The molecule has 0 N–H and O–H groups in total. The molecule has 3 aliphatic rings. The minimum absolute atomic E-state index is 0.0188. The van der Waals surface area contributed by atoms with Gasteiger partial charge in [0.25, 0.3) is 0 Å². The Hall–Kier alpha value is -2.40. The van der Waals surface area contributed by atoms with Crippen molar-refractivity contribution in [1.29, 1.82) is 0 Å². The molecule has 8 nitrogen and oxygen atoms in total. The molecule has 5 rings (SSSR count). The quantitative estimate of drug-likeness (QED) is 0.482. The highest BCUT2D eigenvalue weighted by Crippen LogP contribution is 2.34. The van der Waals surface area contributed by atoms with E-state index in [1.807, 2.05) is 27.7 Å². The molecular weight excluding hydrogens is 524 g/mol. The molecule has 2 heterocycles. The summed E-state index contributed by atoms with van der Waals surface area (Å²) in [5.41, 5.74) is 0.208. The highest BCUT2D eigenvalue weighted by atomic mass is 32.2. The first kappa shape index (κ1) is 27.2. The van der Waals surface area contributed by atoms with Gasteiger partial charge in [0.05, 0.1) is 9.79 Å².